The average Bonchev–Trinajstić information content (AvgIpc) is 2.06. The van der Waals surface area contributed by atoms with E-state index in [2.05, 4.69) is 0 Å². The van der Waals surface area contributed by atoms with Gasteiger partial charge in [0, 0.05) is 10.6 Å². The van der Waals surface area contributed by atoms with Crippen LogP contribution in [0.15, 0.2) is 10.6 Å². The Morgan fingerprint density at radius 1 is 1.42 bits per heavy atom. The number of hydrogen-bond donors (Lipinski definition) is 0. The van der Waals surface area contributed by atoms with Crippen LogP contribution in [0, 0.1) is 11.8 Å². The largest absolute Gasteiger partial charge is 0.303 e. The second-order valence-corrected chi connectivity index (χ2v) is 3.55. The molecule has 0 saturated heterocycles. The smallest absolute Gasteiger partial charge is 0.147 e. The molecule has 12 heavy (non-hydrogen) atoms. The van der Waals surface area contributed by atoms with E-state index in [-0.39, 0.29) is 11.8 Å². The van der Waals surface area contributed by atoms with Crippen molar-refractivity contribution in [2.75, 3.05) is 0 Å². The van der Waals surface area contributed by atoms with Gasteiger partial charge in [-0.3, -0.25) is 4.79 Å². The van der Waals surface area contributed by atoms with Crippen molar-refractivity contribution in [1.82, 2.24) is 0 Å². The van der Waals surface area contributed by atoms with Gasteiger partial charge in [-0.1, -0.05) is 18.5 Å². The minimum Gasteiger partial charge on any atom is -0.303 e. The van der Waals surface area contributed by atoms with Crippen LogP contribution in [0.4, 0.5) is 0 Å². The van der Waals surface area contributed by atoms with Crippen molar-refractivity contribution >= 4 is 24.2 Å². The Morgan fingerprint density at radius 3 is 2.58 bits per heavy atom. The summed E-state index contributed by atoms with van der Waals surface area (Å²) >= 11 is 5.86. The Bertz CT molecular complexity index is 233. The van der Waals surface area contributed by atoms with Crippen LogP contribution in [0.25, 0.3) is 0 Å². The van der Waals surface area contributed by atoms with E-state index in [1.165, 1.54) is 0 Å². The van der Waals surface area contributed by atoms with Crippen molar-refractivity contribution in [3.05, 3.63) is 10.6 Å². The van der Waals surface area contributed by atoms with Crippen LogP contribution in [0.1, 0.15) is 19.8 Å². The molecule has 0 aliphatic heterocycles. The summed E-state index contributed by atoms with van der Waals surface area (Å²) in [5.74, 6) is -0.0470. The molecule has 1 aliphatic rings. The molecule has 0 aromatic rings. The first kappa shape index (κ1) is 9.46. The number of carbonyl (C=O) groups is 2. The number of allylic oxidation sites excluding steroid dienone is 2. The van der Waals surface area contributed by atoms with E-state index < -0.39 is 0 Å². The Labute approximate surface area is 76.6 Å². The molecule has 0 aromatic carbocycles. The molecule has 0 bridgehead atoms. The quantitative estimate of drug-likeness (QED) is 0.618. The van der Waals surface area contributed by atoms with E-state index in [1.54, 1.807) is 0 Å². The Balaban J connectivity index is 2.98. The second kappa shape index (κ2) is 3.85. The van der Waals surface area contributed by atoms with Gasteiger partial charge < -0.3 is 4.79 Å². The lowest BCUT2D eigenvalue weighted by atomic mass is 9.84. The molecule has 0 aromatic heterocycles. The molecule has 1 rings (SSSR count). The Hall–Kier alpha value is -0.630. The normalized spacial score (nSPS) is 30.2. The molecule has 2 atom stereocenters. The monoisotopic (exact) mass is 186 g/mol. The number of aldehydes is 2. The maximum Gasteiger partial charge on any atom is 0.147 e. The number of rotatable bonds is 2. The van der Waals surface area contributed by atoms with Crippen LogP contribution in [0.5, 0.6) is 0 Å². The fraction of sp³-hybridized carbons (Fsp3) is 0.556. The summed E-state index contributed by atoms with van der Waals surface area (Å²) in [5, 5.41) is 0.443. The standard InChI is InChI=1S/C9H11ClO2/c1-6-2-3-7(4-11)9(10)8(6)5-12/h4-7H,2-3H2,1H3. The van der Waals surface area contributed by atoms with Crippen LogP contribution in [0.3, 0.4) is 0 Å². The highest BCUT2D eigenvalue weighted by atomic mass is 35.5. The summed E-state index contributed by atoms with van der Waals surface area (Å²) in [6.07, 6.45) is 3.22. The molecule has 0 amide bonds. The highest BCUT2D eigenvalue weighted by Gasteiger charge is 2.25. The second-order valence-electron chi connectivity index (χ2n) is 3.14. The van der Waals surface area contributed by atoms with Gasteiger partial charge in [0.1, 0.15) is 12.6 Å². The first-order valence-electron chi connectivity index (χ1n) is 4.00. The summed E-state index contributed by atoms with van der Waals surface area (Å²) in [5.41, 5.74) is 0.597. The van der Waals surface area contributed by atoms with Crippen molar-refractivity contribution in [2.24, 2.45) is 11.8 Å². The summed E-state index contributed by atoms with van der Waals surface area (Å²) in [7, 11) is 0. The van der Waals surface area contributed by atoms with Gasteiger partial charge in [-0.05, 0) is 18.8 Å². The van der Waals surface area contributed by atoms with Crippen molar-refractivity contribution < 1.29 is 9.59 Å². The number of halogens is 1. The first-order valence-corrected chi connectivity index (χ1v) is 4.38. The molecule has 66 valence electrons. The van der Waals surface area contributed by atoms with E-state index in [9.17, 15) is 9.59 Å². The third kappa shape index (κ3) is 1.58. The van der Waals surface area contributed by atoms with Crippen molar-refractivity contribution in [3.63, 3.8) is 0 Å². The predicted molar refractivity (Wildman–Crippen MR) is 46.9 cm³/mol. The van der Waals surface area contributed by atoms with Gasteiger partial charge in [0.15, 0.2) is 0 Å². The van der Waals surface area contributed by atoms with Gasteiger partial charge in [-0.2, -0.15) is 0 Å². The zero-order valence-electron chi connectivity index (χ0n) is 6.92. The number of carbonyl (C=O) groups excluding carboxylic acids is 2. The lowest BCUT2D eigenvalue weighted by Crippen LogP contribution is -2.17. The van der Waals surface area contributed by atoms with Gasteiger partial charge in [0.05, 0.1) is 5.92 Å². The van der Waals surface area contributed by atoms with E-state index in [1.807, 2.05) is 6.92 Å². The van der Waals surface area contributed by atoms with Crippen LogP contribution < -0.4 is 0 Å². The fourth-order valence-electron chi connectivity index (χ4n) is 1.46. The van der Waals surface area contributed by atoms with Gasteiger partial charge in [-0.15, -0.1) is 0 Å². The average molecular weight is 187 g/mol. The lowest BCUT2D eigenvalue weighted by molar-refractivity contribution is -0.110. The molecule has 1 aliphatic carbocycles. The maximum atomic E-state index is 10.6. The van der Waals surface area contributed by atoms with E-state index >= 15 is 0 Å². The van der Waals surface area contributed by atoms with Crippen molar-refractivity contribution in [1.29, 1.82) is 0 Å². The van der Waals surface area contributed by atoms with E-state index in [4.69, 9.17) is 11.6 Å². The Kier molecular flexibility index (Phi) is 3.04. The van der Waals surface area contributed by atoms with E-state index in [0.29, 0.717) is 10.6 Å². The zero-order chi connectivity index (χ0) is 9.14. The molecule has 3 heteroatoms. The molecular weight excluding hydrogens is 176 g/mol. The molecule has 0 fully saturated rings. The molecule has 0 N–H and O–H groups in total. The minimum absolute atomic E-state index is 0.200. The highest BCUT2D eigenvalue weighted by Crippen LogP contribution is 2.34. The van der Waals surface area contributed by atoms with Crippen molar-refractivity contribution in [2.45, 2.75) is 19.8 Å². The molecule has 0 heterocycles. The fourth-order valence-corrected chi connectivity index (χ4v) is 1.85. The van der Waals surface area contributed by atoms with Crippen molar-refractivity contribution in [3.8, 4) is 0 Å². The molecule has 0 saturated carbocycles. The zero-order valence-corrected chi connectivity index (χ0v) is 7.67. The highest BCUT2D eigenvalue weighted by molar-refractivity contribution is 6.32. The molecule has 0 radical (unpaired) electrons. The lowest BCUT2D eigenvalue weighted by Gasteiger charge is -2.23. The number of hydrogen-bond acceptors (Lipinski definition) is 2. The Morgan fingerprint density at radius 2 is 2.08 bits per heavy atom. The van der Waals surface area contributed by atoms with Gasteiger partial charge >= 0.3 is 0 Å². The predicted octanol–water partition coefficient (Wildman–Crippen LogP) is 1.92. The van der Waals surface area contributed by atoms with Crippen LogP contribution in [-0.4, -0.2) is 12.6 Å². The maximum absolute atomic E-state index is 10.6. The molecule has 2 nitrogen and oxygen atoms in total. The topological polar surface area (TPSA) is 34.1 Å². The van der Waals surface area contributed by atoms with Crippen LogP contribution in [0.2, 0.25) is 0 Å². The van der Waals surface area contributed by atoms with Crippen LogP contribution in [-0.2, 0) is 9.59 Å². The summed E-state index contributed by atoms with van der Waals surface area (Å²) in [6.45, 7) is 1.95. The van der Waals surface area contributed by atoms with E-state index in [0.717, 1.165) is 25.4 Å². The molecule has 0 spiro atoms. The minimum atomic E-state index is -0.247. The van der Waals surface area contributed by atoms with Gasteiger partial charge in [-0.25, -0.2) is 0 Å². The molecule has 2 unspecified atom stereocenters. The SMILES string of the molecule is CC1CCC(C=O)C(Cl)=C1C=O. The van der Waals surface area contributed by atoms with Gasteiger partial charge in [0.25, 0.3) is 0 Å². The molecular formula is C9H11ClO2. The third-order valence-corrected chi connectivity index (χ3v) is 2.83. The van der Waals surface area contributed by atoms with Gasteiger partial charge in [0.2, 0.25) is 0 Å². The summed E-state index contributed by atoms with van der Waals surface area (Å²) in [4.78, 5) is 21.1. The summed E-state index contributed by atoms with van der Waals surface area (Å²) < 4.78 is 0. The van der Waals surface area contributed by atoms with Crippen LogP contribution >= 0.6 is 11.6 Å². The summed E-state index contributed by atoms with van der Waals surface area (Å²) in [6, 6.07) is 0. The third-order valence-electron chi connectivity index (χ3n) is 2.33. The first-order chi connectivity index (χ1) is 5.70.